The molecule has 134 valence electrons. The SMILES string of the molecule is COc1c(C)cc2c(c1O)[C@H](C)CCC2[C@@H](CO)CCC=C(C)C. The summed E-state index contributed by atoms with van der Waals surface area (Å²) in [4.78, 5) is 0. The van der Waals surface area contributed by atoms with Crippen LogP contribution in [-0.2, 0) is 0 Å². The van der Waals surface area contributed by atoms with Gasteiger partial charge in [-0.3, -0.25) is 0 Å². The van der Waals surface area contributed by atoms with Crippen LogP contribution >= 0.6 is 0 Å². The Balaban J connectivity index is 2.38. The zero-order valence-corrected chi connectivity index (χ0v) is 15.7. The van der Waals surface area contributed by atoms with Gasteiger partial charge < -0.3 is 14.9 Å². The summed E-state index contributed by atoms with van der Waals surface area (Å²) >= 11 is 0. The summed E-state index contributed by atoms with van der Waals surface area (Å²) in [5.74, 6) is 1.75. The van der Waals surface area contributed by atoms with Crippen LogP contribution in [0.15, 0.2) is 17.7 Å². The Bertz CT molecular complexity index is 600. The lowest BCUT2D eigenvalue weighted by molar-refractivity contribution is 0.185. The quantitative estimate of drug-likeness (QED) is 0.717. The van der Waals surface area contributed by atoms with Crippen molar-refractivity contribution in [1.82, 2.24) is 0 Å². The van der Waals surface area contributed by atoms with Crippen molar-refractivity contribution in [3.63, 3.8) is 0 Å². The molecule has 1 aromatic rings. The van der Waals surface area contributed by atoms with E-state index < -0.39 is 0 Å². The molecule has 3 nitrogen and oxygen atoms in total. The molecule has 1 aliphatic rings. The number of aryl methyl sites for hydroxylation is 1. The Labute approximate surface area is 146 Å². The largest absolute Gasteiger partial charge is 0.504 e. The van der Waals surface area contributed by atoms with Crippen LogP contribution < -0.4 is 4.74 Å². The minimum absolute atomic E-state index is 0.195. The number of fused-ring (bicyclic) bond motifs is 1. The molecule has 0 radical (unpaired) electrons. The zero-order chi connectivity index (χ0) is 17.9. The van der Waals surface area contributed by atoms with Crippen molar-refractivity contribution >= 4 is 0 Å². The Morgan fingerprint density at radius 3 is 2.67 bits per heavy atom. The second-order valence-electron chi connectivity index (χ2n) is 7.46. The fourth-order valence-corrected chi connectivity index (χ4v) is 4.13. The smallest absolute Gasteiger partial charge is 0.163 e. The number of aromatic hydroxyl groups is 1. The normalized spacial score (nSPS) is 21.1. The number of methoxy groups -OCH3 is 1. The van der Waals surface area contributed by atoms with E-state index in [9.17, 15) is 10.2 Å². The number of benzene rings is 1. The molecule has 2 rings (SSSR count). The van der Waals surface area contributed by atoms with E-state index >= 15 is 0 Å². The monoisotopic (exact) mass is 332 g/mol. The van der Waals surface area contributed by atoms with Crippen molar-refractivity contribution in [2.75, 3.05) is 13.7 Å². The van der Waals surface area contributed by atoms with Crippen LogP contribution in [0.2, 0.25) is 0 Å². The van der Waals surface area contributed by atoms with E-state index in [1.165, 1.54) is 11.1 Å². The van der Waals surface area contributed by atoms with Crippen molar-refractivity contribution in [3.8, 4) is 11.5 Å². The van der Waals surface area contributed by atoms with Gasteiger partial charge >= 0.3 is 0 Å². The fourth-order valence-electron chi connectivity index (χ4n) is 4.13. The molecule has 1 unspecified atom stereocenters. The molecule has 3 heteroatoms. The van der Waals surface area contributed by atoms with Crippen molar-refractivity contribution in [2.24, 2.45) is 5.92 Å². The fraction of sp³-hybridized carbons (Fsp3) is 0.619. The van der Waals surface area contributed by atoms with Crippen LogP contribution in [0, 0.1) is 12.8 Å². The van der Waals surface area contributed by atoms with Gasteiger partial charge in [-0.15, -0.1) is 0 Å². The zero-order valence-electron chi connectivity index (χ0n) is 15.7. The standard InChI is InChI=1S/C21H32O3/c1-13(2)7-6-8-16(12-22)17-10-9-14(3)19-18(17)11-15(4)21(24-5)20(19)23/h7,11,14,16-17,22-23H,6,8-10,12H2,1-5H3/t14-,16-,17?/m1/s1. The average molecular weight is 332 g/mol. The molecule has 0 saturated heterocycles. The Morgan fingerprint density at radius 1 is 1.38 bits per heavy atom. The van der Waals surface area contributed by atoms with Crippen molar-refractivity contribution in [2.45, 2.75) is 65.2 Å². The third-order valence-corrected chi connectivity index (χ3v) is 5.41. The van der Waals surface area contributed by atoms with E-state index in [2.05, 4.69) is 32.9 Å². The van der Waals surface area contributed by atoms with Gasteiger partial charge in [-0.05, 0) is 75.3 Å². The number of ether oxygens (including phenoxy) is 1. The molecular formula is C21H32O3. The first-order chi connectivity index (χ1) is 11.4. The first-order valence-electron chi connectivity index (χ1n) is 9.05. The van der Waals surface area contributed by atoms with Gasteiger partial charge in [0.25, 0.3) is 0 Å². The molecular weight excluding hydrogens is 300 g/mol. The highest BCUT2D eigenvalue weighted by Crippen LogP contribution is 2.50. The highest BCUT2D eigenvalue weighted by molar-refractivity contribution is 5.57. The molecule has 24 heavy (non-hydrogen) atoms. The molecule has 1 aliphatic carbocycles. The van der Waals surface area contributed by atoms with Crippen LogP contribution in [0.3, 0.4) is 0 Å². The summed E-state index contributed by atoms with van der Waals surface area (Å²) < 4.78 is 5.40. The molecule has 2 N–H and O–H groups in total. The molecule has 0 bridgehead atoms. The third-order valence-electron chi connectivity index (χ3n) is 5.41. The molecule has 0 amide bonds. The van der Waals surface area contributed by atoms with Crippen molar-refractivity contribution < 1.29 is 14.9 Å². The van der Waals surface area contributed by atoms with Crippen LogP contribution in [0.5, 0.6) is 11.5 Å². The van der Waals surface area contributed by atoms with Gasteiger partial charge in [0, 0.05) is 12.2 Å². The first kappa shape index (κ1) is 18.9. The first-order valence-corrected chi connectivity index (χ1v) is 9.05. The van der Waals surface area contributed by atoms with Crippen molar-refractivity contribution in [3.05, 3.63) is 34.4 Å². The van der Waals surface area contributed by atoms with Gasteiger partial charge in [0.05, 0.1) is 7.11 Å². The van der Waals surface area contributed by atoms with E-state index in [-0.39, 0.29) is 12.5 Å². The van der Waals surface area contributed by atoms with E-state index in [1.54, 1.807) is 7.11 Å². The van der Waals surface area contributed by atoms with Crippen LogP contribution in [0.4, 0.5) is 0 Å². The summed E-state index contributed by atoms with van der Waals surface area (Å²) in [5.41, 5.74) is 4.52. The summed E-state index contributed by atoms with van der Waals surface area (Å²) in [6.45, 7) is 8.56. The number of allylic oxidation sites excluding steroid dienone is 2. The summed E-state index contributed by atoms with van der Waals surface area (Å²) in [6, 6.07) is 2.16. The van der Waals surface area contributed by atoms with Gasteiger partial charge in [-0.25, -0.2) is 0 Å². The summed E-state index contributed by atoms with van der Waals surface area (Å²) in [5, 5.41) is 20.7. The number of aliphatic hydroxyl groups is 1. The maximum absolute atomic E-state index is 10.7. The van der Waals surface area contributed by atoms with E-state index in [0.29, 0.717) is 23.3 Å². The second-order valence-corrected chi connectivity index (χ2v) is 7.46. The van der Waals surface area contributed by atoms with Gasteiger partial charge in [-0.2, -0.15) is 0 Å². The lowest BCUT2D eigenvalue weighted by Gasteiger charge is -2.35. The second kappa shape index (κ2) is 8.06. The lowest BCUT2D eigenvalue weighted by Crippen LogP contribution is -2.23. The number of hydrogen-bond acceptors (Lipinski definition) is 3. The van der Waals surface area contributed by atoms with Crippen LogP contribution in [-0.4, -0.2) is 23.9 Å². The average Bonchev–Trinajstić information content (AvgIpc) is 2.52. The highest BCUT2D eigenvalue weighted by atomic mass is 16.5. The maximum Gasteiger partial charge on any atom is 0.163 e. The minimum Gasteiger partial charge on any atom is -0.504 e. The highest BCUT2D eigenvalue weighted by Gasteiger charge is 2.33. The van der Waals surface area contributed by atoms with E-state index in [0.717, 1.165) is 36.8 Å². The van der Waals surface area contributed by atoms with Gasteiger partial charge in [0.1, 0.15) is 0 Å². The maximum atomic E-state index is 10.7. The molecule has 0 heterocycles. The van der Waals surface area contributed by atoms with E-state index in [4.69, 9.17) is 4.74 Å². The predicted molar refractivity (Wildman–Crippen MR) is 99.0 cm³/mol. The number of phenols is 1. The van der Waals surface area contributed by atoms with Gasteiger partial charge in [0.2, 0.25) is 0 Å². The molecule has 3 atom stereocenters. The summed E-state index contributed by atoms with van der Waals surface area (Å²) in [7, 11) is 1.61. The topological polar surface area (TPSA) is 49.7 Å². The van der Waals surface area contributed by atoms with Crippen molar-refractivity contribution in [1.29, 1.82) is 0 Å². The molecule has 0 aliphatic heterocycles. The molecule has 0 spiro atoms. The molecule has 1 aromatic carbocycles. The lowest BCUT2D eigenvalue weighted by atomic mass is 9.70. The molecule has 0 fully saturated rings. The van der Waals surface area contributed by atoms with E-state index in [1.807, 2.05) is 6.92 Å². The van der Waals surface area contributed by atoms with Crippen LogP contribution in [0.1, 0.15) is 75.0 Å². The molecule has 0 aromatic heterocycles. The molecule has 0 saturated carbocycles. The Hall–Kier alpha value is -1.48. The van der Waals surface area contributed by atoms with Gasteiger partial charge in [-0.1, -0.05) is 24.6 Å². The summed E-state index contributed by atoms with van der Waals surface area (Å²) in [6.07, 6.45) is 6.32. The Morgan fingerprint density at radius 2 is 2.08 bits per heavy atom. The predicted octanol–water partition coefficient (Wildman–Crippen LogP) is 5.05. The minimum atomic E-state index is 0.195. The van der Waals surface area contributed by atoms with Gasteiger partial charge in [0.15, 0.2) is 11.5 Å². The van der Waals surface area contributed by atoms with Crippen LogP contribution in [0.25, 0.3) is 0 Å². The number of rotatable bonds is 6. The third kappa shape index (κ3) is 3.77. The number of aliphatic hydroxyl groups excluding tert-OH is 1. The number of phenolic OH excluding ortho intramolecular Hbond substituents is 1. The Kier molecular flexibility index (Phi) is 6.34. The number of hydrogen-bond donors (Lipinski definition) is 2.